The number of carbonyl (C=O) groups is 1. The predicted octanol–water partition coefficient (Wildman–Crippen LogP) is 4.28. The fourth-order valence-electron chi connectivity index (χ4n) is 5.42. The standard InChI is InChI=1S/C28H32NO5/c30-26(28(31,25-13-7-21-33-25)23-9-3-1-4-10-23)34-27-14-18-29(19-15-27,20-16-27)17-8-22-32-24-11-5-2-6-12-24/h1-7,9-13,21,31H,8,14-20,22H2/q+1. The zero-order chi connectivity index (χ0) is 23.5. The van der Waals surface area contributed by atoms with Gasteiger partial charge in [0.1, 0.15) is 11.4 Å². The third-order valence-electron chi connectivity index (χ3n) is 7.59. The van der Waals surface area contributed by atoms with Crippen molar-refractivity contribution in [1.82, 2.24) is 0 Å². The molecule has 3 aliphatic heterocycles. The van der Waals surface area contributed by atoms with Crippen LogP contribution in [0.1, 0.15) is 37.0 Å². The van der Waals surface area contributed by atoms with Gasteiger partial charge in [-0.3, -0.25) is 0 Å². The van der Waals surface area contributed by atoms with E-state index in [1.807, 2.05) is 36.4 Å². The van der Waals surface area contributed by atoms with Gasteiger partial charge >= 0.3 is 5.97 Å². The molecule has 34 heavy (non-hydrogen) atoms. The number of quaternary nitrogens is 1. The first-order valence-electron chi connectivity index (χ1n) is 12.1. The second kappa shape index (κ2) is 9.28. The zero-order valence-electron chi connectivity index (χ0n) is 19.4. The molecule has 3 fully saturated rings. The van der Waals surface area contributed by atoms with Crippen LogP contribution in [0.5, 0.6) is 5.75 Å². The van der Waals surface area contributed by atoms with Gasteiger partial charge in [-0.05, 0) is 24.3 Å². The minimum Gasteiger partial charge on any atom is -0.493 e. The molecule has 3 aliphatic rings. The monoisotopic (exact) mass is 462 g/mol. The molecule has 2 aromatic carbocycles. The van der Waals surface area contributed by atoms with E-state index in [0.29, 0.717) is 12.2 Å². The van der Waals surface area contributed by atoms with Crippen molar-refractivity contribution in [1.29, 1.82) is 0 Å². The number of para-hydroxylation sites is 1. The van der Waals surface area contributed by atoms with E-state index in [1.165, 1.54) is 6.26 Å². The van der Waals surface area contributed by atoms with E-state index in [4.69, 9.17) is 13.9 Å². The number of esters is 1. The van der Waals surface area contributed by atoms with Crippen LogP contribution in [0.25, 0.3) is 0 Å². The lowest BCUT2D eigenvalue weighted by Gasteiger charge is -2.54. The molecule has 0 amide bonds. The van der Waals surface area contributed by atoms with Crippen LogP contribution in [0.15, 0.2) is 83.5 Å². The van der Waals surface area contributed by atoms with Crippen LogP contribution < -0.4 is 4.74 Å². The Bertz CT molecular complexity index is 1060. The van der Waals surface area contributed by atoms with Crippen molar-refractivity contribution in [3.8, 4) is 5.75 Å². The van der Waals surface area contributed by atoms with Crippen molar-refractivity contribution in [3.63, 3.8) is 0 Å². The molecule has 6 heteroatoms. The van der Waals surface area contributed by atoms with Gasteiger partial charge in [-0.25, -0.2) is 4.79 Å². The average molecular weight is 463 g/mol. The molecule has 6 rings (SSSR count). The second-order valence-electron chi connectivity index (χ2n) is 9.63. The molecule has 3 saturated heterocycles. The number of rotatable bonds is 9. The first-order valence-corrected chi connectivity index (χ1v) is 12.1. The van der Waals surface area contributed by atoms with Crippen molar-refractivity contribution in [3.05, 3.63) is 90.4 Å². The van der Waals surface area contributed by atoms with Crippen molar-refractivity contribution >= 4 is 5.97 Å². The van der Waals surface area contributed by atoms with E-state index in [0.717, 1.165) is 62.1 Å². The van der Waals surface area contributed by atoms with Gasteiger partial charge in [-0.1, -0.05) is 48.5 Å². The van der Waals surface area contributed by atoms with Crippen molar-refractivity contribution in [2.24, 2.45) is 0 Å². The highest BCUT2D eigenvalue weighted by Gasteiger charge is 2.54. The Morgan fingerprint density at radius 2 is 1.59 bits per heavy atom. The smallest absolute Gasteiger partial charge is 0.351 e. The van der Waals surface area contributed by atoms with Gasteiger partial charge in [0.25, 0.3) is 0 Å². The molecular formula is C28H32NO5+. The topological polar surface area (TPSA) is 68.9 Å². The number of nitrogens with zero attached hydrogens (tertiary/aromatic N) is 1. The van der Waals surface area contributed by atoms with E-state index < -0.39 is 17.2 Å². The number of carbonyl (C=O) groups excluding carboxylic acids is 1. The molecule has 2 bridgehead atoms. The Hall–Kier alpha value is -3.09. The Balaban J connectivity index is 1.21. The maximum atomic E-state index is 13.5. The van der Waals surface area contributed by atoms with Gasteiger partial charge in [0.2, 0.25) is 5.60 Å². The summed E-state index contributed by atoms with van der Waals surface area (Å²) in [6, 6.07) is 22.1. The van der Waals surface area contributed by atoms with E-state index in [9.17, 15) is 9.90 Å². The van der Waals surface area contributed by atoms with Crippen LogP contribution in [0.4, 0.5) is 0 Å². The highest BCUT2D eigenvalue weighted by molar-refractivity contribution is 5.85. The minimum atomic E-state index is -1.96. The van der Waals surface area contributed by atoms with E-state index in [2.05, 4.69) is 0 Å². The number of furan rings is 1. The van der Waals surface area contributed by atoms with Crippen molar-refractivity contribution < 1.29 is 28.3 Å². The molecule has 0 saturated carbocycles. The summed E-state index contributed by atoms with van der Waals surface area (Å²) in [7, 11) is 0. The quantitative estimate of drug-likeness (QED) is 0.292. The Morgan fingerprint density at radius 1 is 0.941 bits per heavy atom. The molecule has 6 nitrogen and oxygen atoms in total. The van der Waals surface area contributed by atoms with E-state index in [1.54, 1.807) is 36.4 Å². The highest BCUT2D eigenvalue weighted by atomic mass is 16.6. The Labute approximate surface area is 200 Å². The molecule has 0 spiro atoms. The molecular weight excluding hydrogens is 430 g/mol. The molecule has 4 heterocycles. The second-order valence-corrected chi connectivity index (χ2v) is 9.63. The fraction of sp³-hybridized carbons (Fsp3) is 0.393. The van der Waals surface area contributed by atoms with Crippen molar-refractivity contribution in [2.45, 2.75) is 36.9 Å². The zero-order valence-corrected chi connectivity index (χ0v) is 19.4. The summed E-state index contributed by atoms with van der Waals surface area (Å²) in [5.74, 6) is 0.426. The average Bonchev–Trinajstić information content (AvgIpc) is 3.44. The van der Waals surface area contributed by atoms with Gasteiger partial charge in [0.15, 0.2) is 5.76 Å². The van der Waals surface area contributed by atoms with Crippen LogP contribution >= 0.6 is 0 Å². The van der Waals surface area contributed by atoms with Gasteiger partial charge in [-0.2, -0.15) is 0 Å². The number of hydrogen-bond donors (Lipinski definition) is 1. The lowest BCUT2D eigenvalue weighted by Crippen LogP contribution is -2.66. The molecule has 1 N–H and O–H groups in total. The molecule has 0 aliphatic carbocycles. The van der Waals surface area contributed by atoms with Crippen LogP contribution in [-0.2, 0) is 15.1 Å². The van der Waals surface area contributed by atoms with E-state index in [-0.39, 0.29) is 5.76 Å². The van der Waals surface area contributed by atoms with Crippen LogP contribution in [0.2, 0.25) is 0 Å². The molecule has 0 radical (unpaired) electrons. The highest BCUT2D eigenvalue weighted by Crippen LogP contribution is 2.42. The van der Waals surface area contributed by atoms with Crippen LogP contribution in [0.3, 0.4) is 0 Å². The molecule has 178 valence electrons. The summed E-state index contributed by atoms with van der Waals surface area (Å²) in [4.78, 5) is 13.5. The largest absolute Gasteiger partial charge is 0.493 e. The maximum Gasteiger partial charge on any atom is 0.351 e. The normalized spacial score (nSPS) is 25.4. The van der Waals surface area contributed by atoms with Gasteiger partial charge in [0.05, 0.1) is 39.0 Å². The lowest BCUT2D eigenvalue weighted by molar-refractivity contribution is -0.944. The Kier molecular flexibility index (Phi) is 6.19. The number of benzene rings is 2. The van der Waals surface area contributed by atoms with Crippen LogP contribution in [-0.4, -0.2) is 53.9 Å². The number of ether oxygens (including phenoxy) is 2. The predicted molar refractivity (Wildman–Crippen MR) is 127 cm³/mol. The molecule has 1 atom stereocenters. The molecule has 1 unspecified atom stereocenters. The van der Waals surface area contributed by atoms with Crippen molar-refractivity contribution in [2.75, 3.05) is 32.8 Å². The van der Waals surface area contributed by atoms with Gasteiger partial charge in [-0.15, -0.1) is 0 Å². The van der Waals surface area contributed by atoms with Gasteiger partial charge < -0.3 is 23.5 Å². The summed E-state index contributed by atoms with van der Waals surface area (Å²) in [6.07, 6.45) is 4.88. The number of piperidine rings is 3. The maximum absolute atomic E-state index is 13.5. The summed E-state index contributed by atoms with van der Waals surface area (Å²) in [5.41, 5.74) is -2.04. The summed E-state index contributed by atoms with van der Waals surface area (Å²) < 4.78 is 18.6. The van der Waals surface area contributed by atoms with E-state index >= 15 is 0 Å². The minimum absolute atomic E-state index is 0.176. The fourth-order valence-corrected chi connectivity index (χ4v) is 5.42. The van der Waals surface area contributed by atoms with Gasteiger partial charge in [0, 0.05) is 31.2 Å². The first kappa shape index (κ1) is 22.7. The lowest BCUT2D eigenvalue weighted by atomic mass is 9.80. The molecule has 1 aromatic heterocycles. The summed E-state index contributed by atoms with van der Waals surface area (Å²) in [5, 5.41) is 11.6. The Morgan fingerprint density at radius 3 is 2.21 bits per heavy atom. The number of hydrogen-bond acceptors (Lipinski definition) is 5. The summed E-state index contributed by atoms with van der Waals surface area (Å²) in [6.45, 7) is 4.70. The number of aliphatic hydroxyl groups is 1. The summed E-state index contributed by atoms with van der Waals surface area (Å²) >= 11 is 0. The van der Waals surface area contributed by atoms with Crippen LogP contribution in [0, 0.1) is 0 Å². The third kappa shape index (κ3) is 4.36. The number of fused-ring (bicyclic) bond motifs is 3. The third-order valence-corrected chi connectivity index (χ3v) is 7.59. The SMILES string of the molecule is O=C(OC12CC[N+](CCCOc3ccccc3)(CC1)CC2)C(O)(c1ccccc1)c1ccco1. The first-order chi connectivity index (χ1) is 16.5. The molecule has 3 aromatic rings.